The fraction of sp³-hybridized carbons (Fsp3) is 0.174. The molecule has 0 fully saturated rings. The molecule has 0 spiro atoms. The zero-order chi connectivity index (χ0) is 19.2. The van der Waals surface area contributed by atoms with Gasteiger partial charge in [0.15, 0.2) is 6.23 Å². The van der Waals surface area contributed by atoms with Crippen molar-refractivity contribution in [3.05, 3.63) is 106 Å². The molecule has 0 aliphatic heterocycles. The summed E-state index contributed by atoms with van der Waals surface area (Å²) in [6, 6.07) is 25.5. The lowest BCUT2D eigenvalue weighted by Crippen LogP contribution is -2.35. The van der Waals surface area contributed by atoms with E-state index >= 15 is 0 Å². The molecule has 0 aliphatic rings. The molecule has 0 aromatic heterocycles. The van der Waals surface area contributed by atoms with E-state index in [4.69, 9.17) is 4.74 Å². The Hall–Kier alpha value is -2.43. The first-order valence-electron chi connectivity index (χ1n) is 8.78. The van der Waals surface area contributed by atoms with Crippen molar-refractivity contribution >= 4 is 21.8 Å². The SMILES string of the molecule is COC(c1ccc(C)cc1)N(Cc1ccccc1)C(=O)c1ccc(Br)cc1. The molecule has 0 heterocycles. The van der Waals surface area contributed by atoms with Gasteiger partial charge in [0.2, 0.25) is 0 Å². The van der Waals surface area contributed by atoms with E-state index in [1.807, 2.05) is 85.8 Å². The summed E-state index contributed by atoms with van der Waals surface area (Å²) >= 11 is 3.42. The summed E-state index contributed by atoms with van der Waals surface area (Å²) in [6.07, 6.45) is -0.470. The van der Waals surface area contributed by atoms with Crippen LogP contribution in [0, 0.1) is 6.92 Å². The molecule has 1 atom stereocenters. The molecule has 3 rings (SSSR count). The van der Waals surface area contributed by atoms with Gasteiger partial charge >= 0.3 is 0 Å². The van der Waals surface area contributed by atoms with E-state index in [0.717, 1.165) is 15.6 Å². The molecule has 27 heavy (non-hydrogen) atoms. The third kappa shape index (κ3) is 4.85. The number of hydrogen-bond donors (Lipinski definition) is 0. The van der Waals surface area contributed by atoms with Gasteiger partial charge in [0.1, 0.15) is 0 Å². The molecule has 0 saturated carbocycles. The highest BCUT2D eigenvalue weighted by molar-refractivity contribution is 9.10. The van der Waals surface area contributed by atoms with Gasteiger partial charge in [-0.1, -0.05) is 76.1 Å². The number of amides is 1. The monoisotopic (exact) mass is 423 g/mol. The number of carbonyl (C=O) groups is 1. The van der Waals surface area contributed by atoms with E-state index in [-0.39, 0.29) is 5.91 Å². The molecule has 1 amide bonds. The Balaban J connectivity index is 1.98. The summed E-state index contributed by atoms with van der Waals surface area (Å²) in [7, 11) is 1.64. The van der Waals surface area contributed by atoms with E-state index in [1.165, 1.54) is 5.56 Å². The van der Waals surface area contributed by atoms with E-state index in [2.05, 4.69) is 15.9 Å². The summed E-state index contributed by atoms with van der Waals surface area (Å²) in [5.41, 5.74) is 3.80. The maximum absolute atomic E-state index is 13.3. The second-order valence-corrected chi connectivity index (χ2v) is 7.34. The van der Waals surface area contributed by atoms with Crippen LogP contribution in [-0.2, 0) is 11.3 Å². The minimum Gasteiger partial charge on any atom is -0.357 e. The van der Waals surface area contributed by atoms with Gasteiger partial charge in [-0.2, -0.15) is 0 Å². The van der Waals surface area contributed by atoms with Crippen molar-refractivity contribution in [2.45, 2.75) is 19.7 Å². The molecular weight excluding hydrogens is 402 g/mol. The van der Waals surface area contributed by atoms with Gasteiger partial charge < -0.3 is 9.64 Å². The van der Waals surface area contributed by atoms with Gasteiger partial charge in [-0.25, -0.2) is 0 Å². The van der Waals surface area contributed by atoms with Crippen molar-refractivity contribution in [3.63, 3.8) is 0 Å². The predicted octanol–water partition coefficient (Wildman–Crippen LogP) is 5.75. The van der Waals surface area contributed by atoms with Crippen molar-refractivity contribution in [3.8, 4) is 0 Å². The Morgan fingerprint density at radius 3 is 2.19 bits per heavy atom. The van der Waals surface area contributed by atoms with E-state index in [0.29, 0.717) is 12.1 Å². The number of rotatable bonds is 6. The normalized spacial score (nSPS) is 11.8. The Bertz CT molecular complexity index is 877. The molecule has 0 bridgehead atoms. The van der Waals surface area contributed by atoms with Crippen LogP contribution in [0.15, 0.2) is 83.3 Å². The fourth-order valence-corrected chi connectivity index (χ4v) is 3.24. The van der Waals surface area contributed by atoms with Crippen LogP contribution in [0.4, 0.5) is 0 Å². The molecule has 138 valence electrons. The first kappa shape index (κ1) is 19.3. The van der Waals surface area contributed by atoms with Crippen LogP contribution in [0.25, 0.3) is 0 Å². The summed E-state index contributed by atoms with van der Waals surface area (Å²) < 4.78 is 6.71. The second-order valence-electron chi connectivity index (χ2n) is 6.42. The van der Waals surface area contributed by atoms with E-state index in [9.17, 15) is 4.79 Å². The van der Waals surface area contributed by atoms with Crippen molar-refractivity contribution in [1.29, 1.82) is 0 Å². The van der Waals surface area contributed by atoms with Crippen molar-refractivity contribution in [2.75, 3.05) is 7.11 Å². The standard InChI is InChI=1S/C23H22BrNO2/c1-17-8-10-20(11-9-17)23(27-2)25(16-18-6-4-3-5-7-18)22(26)19-12-14-21(24)15-13-19/h3-15,23H,16H2,1-2H3. The van der Waals surface area contributed by atoms with Gasteiger partial charge in [-0.3, -0.25) is 4.79 Å². The molecule has 3 aromatic carbocycles. The van der Waals surface area contributed by atoms with Gasteiger partial charge in [-0.05, 0) is 36.8 Å². The zero-order valence-corrected chi connectivity index (χ0v) is 17.0. The lowest BCUT2D eigenvalue weighted by Gasteiger charge is -2.31. The lowest BCUT2D eigenvalue weighted by atomic mass is 10.1. The molecule has 3 nitrogen and oxygen atoms in total. The van der Waals surface area contributed by atoms with E-state index < -0.39 is 6.23 Å². The minimum absolute atomic E-state index is 0.0706. The van der Waals surface area contributed by atoms with Crippen molar-refractivity contribution in [2.24, 2.45) is 0 Å². The minimum atomic E-state index is -0.470. The first-order valence-corrected chi connectivity index (χ1v) is 9.57. The van der Waals surface area contributed by atoms with Crippen LogP contribution in [0.1, 0.15) is 33.3 Å². The summed E-state index contributed by atoms with van der Waals surface area (Å²) in [5.74, 6) is -0.0706. The number of ether oxygens (including phenoxy) is 1. The van der Waals surface area contributed by atoms with Crippen LogP contribution >= 0.6 is 15.9 Å². The zero-order valence-electron chi connectivity index (χ0n) is 15.4. The van der Waals surface area contributed by atoms with Crippen LogP contribution in [0.2, 0.25) is 0 Å². The maximum atomic E-state index is 13.3. The topological polar surface area (TPSA) is 29.5 Å². The largest absolute Gasteiger partial charge is 0.357 e. The molecule has 1 unspecified atom stereocenters. The maximum Gasteiger partial charge on any atom is 0.256 e. The highest BCUT2D eigenvalue weighted by Crippen LogP contribution is 2.26. The highest BCUT2D eigenvalue weighted by atomic mass is 79.9. The summed E-state index contributed by atoms with van der Waals surface area (Å²) in [5, 5.41) is 0. The molecule has 0 N–H and O–H groups in total. The number of benzene rings is 3. The average molecular weight is 424 g/mol. The lowest BCUT2D eigenvalue weighted by molar-refractivity contribution is -0.0266. The molecule has 0 aliphatic carbocycles. The Morgan fingerprint density at radius 2 is 1.59 bits per heavy atom. The van der Waals surface area contributed by atoms with Crippen LogP contribution in [-0.4, -0.2) is 17.9 Å². The van der Waals surface area contributed by atoms with Gasteiger partial charge in [0.25, 0.3) is 5.91 Å². The van der Waals surface area contributed by atoms with Crippen LogP contribution < -0.4 is 0 Å². The Morgan fingerprint density at radius 1 is 0.963 bits per heavy atom. The Kier molecular flexibility index (Phi) is 6.43. The van der Waals surface area contributed by atoms with Gasteiger partial charge in [0.05, 0.1) is 0 Å². The molecular formula is C23H22BrNO2. The predicted molar refractivity (Wildman–Crippen MR) is 111 cm³/mol. The third-order valence-corrected chi connectivity index (χ3v) is 4.95. The number of nitrogens with zero attached hydrogens (tertiary/aromatic N) is 1. The number of aryl methyl sites for hydroxylation is 1. The summed E-state index contributed by atoms with van der Waals surface area (Å²) in [4.78, 5) is 15.1. The van der Waals surface area contributed by atoms with Gasteiger partial charge in [0, 0.05) is 29.3 Å². The van der Waals surface area contributed by atoms with Crippen LogP contribution in [0.5, 0.6) is 0 Å². The van der Waals surface area contributed by atoms with Crippen molar-refractivity contribution in [1.82, 2.24) is 4.90 Å². The number of halogens is 1. The number of carbonyl (C=O) groups excluding carboxylic acids is 1. The smallest absolute Gasteiger partial charge is 0.256 e. The average Bonchev–Trinajstić information content (AvgIpc) is 2.70. The first-order chi connectivity index (χ1) is 13.1. The second kappa shape index (κ2) is 8.98. The Labute approximate surface area is 168 Å². The molecule has 4 heteroatoms. The van der Waals surface area contributed by atoms with Crippen LogP contribution in [0.3, 0.4) is 0 Å². The number of methoxy groups -OCH3 is 1. The molecule has 0 saturated heterocycles. The molecule has 3 aromatic rings. The summed E-state index contributed by atoms with van der Waals surface area (Å²) in [6.45, 7) is 2.50. The quantitative estimate of drug-likeness (QED) is 0.472. The fourth-order valence-electron chi connectivity index (χ4n) is 2.97. The third-order valence-electron chi connectivity index (χ3n) is 4.42. The number of hydrogen-bond acceptors (Lipinski definition) is 2. The molecule has 0 radical (unpaired) electrons. The highest BCUT2D eigenvalue weighted by Gasteiger charge is 2.26. The van der Waals surface area contributed by atoms with Crippen molar-refractivity contribution < 1.29 is 9.53 Å². The van der Waals surface area contributed by atoms with Gasteiger partial charge in [-0.15, -0.1) is 0 Å². The van der Waals surface area contributed by atoms with E-state index in [1.54, 1.807) is 12.0 Å².